The molecule has 1 heterocycles. The first kappa shape index (κ1) is 16.5. The van der Waals surface area contributed by atoms with Crippen LogP contribution in [0.4, 0.5) is 0 Å². The van der Waals surface area contributed by atoms with E-state index in [4.69, 9.17) is 0 Å². The summed E-state index contributed by atoms with van der Waals surface area (Å²) in [5, 5.41) is 3.31. The molecule has 0 fully saturated rings. The second kappa shape index (κ2) is 7.40. The lowest BCUT2D eigenvalue weighted by molar-refractivity contribution is -0.120. The molecule has 22 heavy (non-hydrogen) atoms. The first-order chi connectivity index (χ1) is 10.5. The summed E-state index contributed by atoms with van der Waals surface area (Å²) in [6, 6.07) is 12.1. The molecule has 0 unspecified atom stereocenters. The summed E-state index contributed by atoms with van der Waals surface area (Å²) in [5.74, 6) is 0.00590. The molecular formula is C17H21N3OS. The number of nitrogens with zero attached hydrogens (tertiary/aromatic N) is 2. The van der Waals surface area contributed by atoms with Crippen LogP contribution in [-0.2, 0) is 4.79 Å². The van der Waals surface area contributed by atoms with Crippen LogP contribution in [-0.4, -0.2) is 27.2 Å². The molecule has 0 aliphatic heterocycles. The quantitative estimate of drug-likeness (QED) is 0.678. The molecule has 0 spiro atoms. The number of carbonyl (C=O) groups excluding carboxylic acids is 1. The molecule has 5 heteroatoms. The molecule has 1 aromatic carbocycles. The first-order valence-electron chi connectivity index (χ1n) is 7.34. The van der Waals surface area contributed by atoms with Crippen LogP contribution in [0.25, 0.3) is 11.3 Å². The van der Waals surface area contributed by atoms with Gasteiger partial charge in [-0.3, -0.25) is 4.79 Å². The molecule has 0 saturated heterocycles. The van der Waals surface area contributed by atoms with Crippen LogP contribution < -0.4 is 5.32 Å². The Morgan fingerprint density at radius 1 is 1.14 bits per heavy atom. The summed E-state index contributed by atoms with van der Waals surface area (Å²) < 4.78 is 0. The lowest BCUT2D eigenvalue weighted by Crippen LogP contribution is -2.35. The van der Waals surface area contributed by atoms with Crippen LogP contribution in [0.15, 0.2) is 41.6 Å². The molecule has 1 N–H and O–H groups in total. The summed E-state index contributed by atoms with van der Waals surface area (Å²) in [4.78, 5) is 21.0. The van der Waals surface area contributed by atoms with Gasteiger partial charge in [-0.05, 0) is 33.8 Å². The van der Waals surface area contributed by atoms with E-state index in [1.807, 2.05) is 64.1 Å². The minimum atomic E-state index is -0.229. The summed E-state index contributed by atoms with van der Waals surface area (Å²) in [5.41, 5.74) is 2.83. The largest absolute Gasteiger partial charge is 0.353 e. The number of hydrogen-bond donors (Lipinski definition) is 1. The van der Waals surface area contributed by atoms with Crippen LogP contribution in [0, 0.1) is 6.92 Å². The SMILES string of the molecule is Cc1cc(-c2ccccc2)nc(S[C@H](C)C(=O)NC(C)C)n1. The van der Waals surface area contributed by atoms with Crippen molar-refractivity contribution in [1.82, 2.24) is 15.3 Å². The molecule has 1 atom stereocenters. The van der Waals surface area contributed by atoms with Crippen molar-refractivity contribution in [1.29, 1.82) is 0 Å². The van der Waals surface area contributed by atoms with E-state index < -0.39 is 0 Å². The van der Waals surface area contributed by atoms with Crippen molar-refractivity contribution in [2.45, 2.75) is 44.1 Å². The van der Waals surface area contributed by atoms with E-state index >= 15 is 0 Å². The van der Waals surface area contributed by atoms with Gasteiger partial charge in [0.05, 0.1) is 10.9 Å². The maximum absolute atomic E-state index is 12.0. The Labute approximate surface area is 135 Å². The fourth-order valence-corrected chi connectivity index (χ4v) is 2.80. The fraction of sp³-hybridized carbons (Fsp3) is 0.353. The molecule has 0 radical (unpaired) electrons. The Morgan fingerprint density at radius 3 is 2.45 bits per heavy atom. The van der Waals surface area contributed by atoms with Crippen LogP contribution in [0.1, 0.15) is 26.5 Å². The predicted molar refractivity (Wildman–Crippen MR) is 90.8 cm³/mol. The summed E-state index contributed by atoms with van der Waals surface area (Å²) in [6.45, 7) is 7.71. The highest BCUT2D eigenvalue weighted by Crippen LogP contribution is 2.24. The van der Waals surface area contributed by atoms with Crippen molar-refractivity contribution in [3.63, 3.8) is 0 Å². The Balaban J connectivity index is 2.18. The van der Waals surface area contributed by atoms with Crippen LogP contribution >= 0.6 is 11.8 Å². The lowest BCUT2D eigenvalue weighted by Gasteiger charge is -2.14. The molecule has 116 valence electrons. The van der Waals surface area contributed by atoms with E-state index in [0.29, 0.717) is 5.16 Å². The minimum Gasteiger partial charge on any atom is -0.353 e. The zero-order valence-electron chi connectivity index (χ0n) is 13.3. The van der Waals surface area contributed by atoms with E-state index in [-0.39, 0.29) is 17.2 Å². The second-order valence-corrected chi connectivity index (χ2v) is 6.77. The summed E-state index contributed by atoms with van der Waals surface area (Å²) in [6.07, 6.45) is 0. The van der Waals surface area contributed by atoms with E-state index in [2.05, 4.69) is 15.3 Å². The Hall–Kier alpha value is -1.88. The van der Waals surface area contributed by atoms with Crippen LogP contribution in [0.3, 0.4) is 0 Å². The third-order valence-corrected chi connectivity index (χ3v) is 3.95. The number of nitrogens with one attached hydrogen (secondary N) is 1. The van der Waals surface area contributed by atoms with Gasteiger partial charge in [-0.25, -0.2) is 9.97 Å². The van der Waals surface area contributed by atoms with Crippen molar-refractivity contribution in [2.24, 2.45) is 0 Å². The molecule has 0 saturated carbocycles. The molecule has 1 amide bonds. The number of aryl methyl sites for hydroxylation is 1. The number of thioether (sulfide) groups is 1. The average molecular weight is 315 g/mol. The van der Waals surface area contributed by atoms with Gasteiger partial charge in [-0.2, -0.15) is 0 Å². The molecule has 0 aliphatic carbocycles. The van der Waals surface area contributed by atoms with Crippen molar-refractivity contribution < 1.29 is 4.79 Å². The lowest BCUT2D eigenvalue weighted by atomic mass is 10.1. The highest BCUT2D eigenvalue weighted by molar-refractivity contribution is 8.00. The minimum absolute atomic E-state index is 0.00590. The fourth-order valence-electron chi connectivity index (χ4n) is 1.96. The Bertz CT molecular complexity index is 644. The van der Waals surface area contributed by atoms with Crippen molar-refractivity contribution in [3.8, 4) is 11.3 Å². The van der Waals surface area contributed by atoms with E-state index in [0.717, 1.165) is 17.0 Å². The molecule has 2 aromatic rings. The highest BCUT2D eigenvalue weighted by atomic mass is 32.2. The molecule has 2 rings (SSSR count). The van der Waals surface area contributed by atoms with Crippen molar-refractivity contribution >= 4 is 17.7 Å². The van der Waals surface area contributed by atoms with Gasteiger partial charge in [0.15, 0.2) is 5.16 Å². The maximum Gasteiger partial charge on any atom is 0.233 e. The maximum atomic E-state index is 12.0. The van der Waals surface area contributed by atoms with Crippen molar-refractivity contribution in [3.05, 3.63) is 42.1 Å². The van der Waals surface area contributed by atoms with Gasteiger partial charge in [-0.1, -0.05) is 42.1 Å². The van der Waals surface area contributed by atoms with Crippen LogP contribution in [0.5, 0.6) is 0 Å². The van der Waals surface area contributed by atoms with E-state index in [1.54, 1.807) is 0 Å². The van der Waals surface area contributed by atoms with Gasteiger partial charge in [0.25, 0.3) is 0 Å². The molecule has 0 bridgehead atoms. The summed E-state index contributed by atoms with van der Waals surface area (Å²) in [7, 11) is 0. The molecule has 1 aromatic heterocycles. The van der Waals surface area contributed by atoms with Gasteiger partial charge < -0.3 is 5.32 Å². The normalized spacial score (nSPS) is 12.2. The zero-order chi connectivity index (χ0) is 16.1. The monoisotopic (exact) mass is 315 g/mol. The number of amides is 1. The van der Waals surface area contributed by atoms with Gasteiger partial charge in [0.2, 0.25) is 5.91 Å². The predicted octanol–water partition coefficient (Wildman–Crippen LogP) is 3.46. The number of rotatable bonds is 5. The Morgan fingerprint density at radius 2 is 1.82 bits per heavy atom. The number of carbonyl (C=O) groups is 1. The molecular weight excluding hydrogens is 294 g/mol. The third-order valence-electron chi connectivity index (χ3n) is 2.99. The standard InChI is InChI=1S/C17H21N3OS/c1-11(2)18-16(21)13(4)22-17-19-12(3)10-15(20-17)14-8-6-5-7-9-14/h5-11,13H,1-4H3,(H,18,21)/t13-/m1/s1. The topological polar surface area (TPSA) is 54.9 Å². The average Bonchev–Trinajstić information content (AvgIpc) is 2.46. The highest BCUT2D eigenvalue weighted by Gasteiger charge is 2.17. The third kappa shape index (κ3) is 4.56. The summed E-state index contributed by atoms with van der Waals surface area (Å²) >= 11 is 1.38. The number of benzene rings is 1. The number of hydrogen-bond acceptors (Lipinski definition) is 4. The van der Waals surface area contributed by atoms with Gasteiger partial charge in [0, 0.05) is 17.3 Å². The van der Waals surface area contributed by atoms with E-state index in [9.17, 15) is 4.79 Å². The van der Waals surface area contributed by atoms with Crippen LogP contribution in [0.2, 0.25) is 0 Å². The van der Waals surface area contributed by atoms with Gasteiger partial charge in [-0.15, -0.1) is 0 Å². The molecule has 0 aliphatic rings. The van der Waals surface area contributed by atoms with Gasteiger partial charge in [0.1, 0.15) is 0 Å². The van der Waals surface area contributed by atoms with Crippen molar-refractivity contribution in [2.75, 3.05) is 0 Å². The second-order valence-electron chi connectivity index (χ2n) is 5.47. The first-order valence-corrected chi connectivity index (χ1v) is 8.22. The smallest absolute Gasteiger partial charge is 0.233 e. The zero-order valence-corrected chi connectivity index (χ0v) is 14.1. The van der Waals surface area contributed by atoms with E-state index in [1.165, 1.54) is 11.8 Å². The Kier molecular flexibility index (Phi) is 5.55. The molecule has 4 nitrogen and oxygen atoms in total. The van der Waals surface area contributed by atoms with Gasteiger partial charge >= 0.3 is 0 Å². The number of aromatic nitrogens is 2.